The van der Waals surface area contributed by atoms with E-state index in [2.05, 4.69) is 20.8 Å². The Kier molecular flexibility index (Phi) is 9.76. The molecule has 0 aromatic heterocycles. The van der Waals surface area contributed by atoms with Gasteiger partial charge in [-0.25, -0.2) is 0 Å². The molecule has 0 saturated heterocycles. The molecule has 2 saturated carbocycles. The van der Waals surface area contributed by atoms with Crippen molar-refractivity contribution in [3.05, 3.63) is 0 Å². The van der Waals surface area contributed by atoms with Crippen LogP contribution in [0, 0.1) is 23.7 Å². The summed E-state index contributed by atoms with van der Waals surface area (Å²) in [5.41, 5.74) is 0. The van der Waals surface area contributed by atoms with E-state index in [-0.39, 0.29) is 0 Å². The van der Waals surface area contributed by atoms with Crippen LogP contribution in [0.3, 0.4) is 0 Å². The van der Waals surface area contributed by atoms with Crippen molar-refractivity contribution in [2.75, 3.05) is 6.61 Å². The smallest absolute Gasteiger partial charge is 0.0603 e. The molecule has 0 aromatic carbocycles. The molecule has 2 rings (SSSR count). The summed E-state index contributed by atoms with van der Waals surface area (Å²) in [4.78, 5) is 0. The second-order valence-electron chi connectivity index (χ2n) is 8.78. The normalized spacial score (nSPS) is 34.4. The zero-order valence-corrected chi connectivity index (χ0v) is 16.9. The van der Waals surface area contributed by atoms with Gasteiger partial charge in [-0.05, 0) is 62.2 Å². The van der Waals surface area contributed by atoms with E-state index in [0.29, 0.717) is 6.10 Å². The molecule has 3 unspecified atom stereocenters. The van der Waals surface area contributed by atoms with Crippen molar-refractivity contribution in [3.8, 4) is 0 Å². The quantitative estimate of drug-likeness (QED) is 0.378. The lowest BCUT2D eigenvalue weighted by atomic mass is 9.67. The van der Waals surface area contributed by atoms with Gasteiger partial charge in [0, 0.05) is 6.61 Å². The van der Waals surface area contributed by atoms with E-state index in [4.69, 9.17) is 4.74 Å². The minimum Gasteiger partial charge on any atom is -0.378 e. The lowest BCUT2D eigenvalue weighted by Gasteiger charge is -2.41. The Morgan fingerprint density at radius 2 is 1.46 bits per heavy atom. The Bertz CT molecular complexity index is 305. The van der Waals surface area contributed by atoms with Crippen LogP contribution in [0.15, 0.2) is 0 Å². The Morgan fingerprint density at radius 1 is 0.750 bits per heavy atom. The minimum atomic E-state index is 0.572. The summed E-state index contributed by atoms with van der Waals surface area (Å²) in [5, 5.41) is 0. The molecule has 0 spiro atoms. The summed E-state index contributed by atoms with van der Waals surface area (Å²) in [6, 6.07) is 0. The average Bonchev–Trinajstić information content (AvgIpc) is 2.63. The molecule has 1 heteroatoms. The van der Waals surface area contributed by atoms with Crippen molar-refractivity contribution in [3.63, 3.8) is 0 Å². The second kappa shape index (κ2) is 11.6. The van der Waals surface area contributed by atoms with Gasteiger partial charge in [-0.3, -0.25) is 0 Å². The fourth-order valence-electron chi connectivity index (χ4n) is 5.36. The molecule has 0 amide bonds. The van der Waals surface area contributed by atoms with Gasteiger partial charge >= 0.3 is 0 Å². The number of hydrogen-bond donors (Lipinski definition) is 0. The topological polar surface area (TPSA) is 9.23 Å². The van der Waals surface area contributed by atoms with Crippen LogP contribution in [0.5, 0.6) is 0 Å². The molecule has 2 fully saturated rings. The van der Waals surface area contributed by atoms with Gasteiger partial charge in [0.1, 0.15) is 0 Å². The van der Waals surface area contributed by atoms with Crippen LogP contribution < -0.4 is 0 Å². The van der Waals surface area contributed by atoms with Crippen LogP contribution >= 0.6 is 0 Å². The van der Waals surface area contributed by atoms with Crippen molar-refractivity contribution in [2.45, 2.75) is 117 Å². The third-order valence-electron chi connectivity index (χ3n) is 7.08. The van der Waals surface area contributed by atoms with Crippen LogP contribution in [0.1, 0.15) is 111 Å². The molecule has 0 aromatic rings. The zero-order chi connectivity index (χ0) is 17.2. The molecule has 0 aliphatic heterocycles. The maximum absolute atomic E-state index is 6.23. The first kappa shape index (κ1) is 20.3. The number of rotatable bonds is 10. The van der Waals surface area contributed by atoms with E-state index in [1.807, 2.05) is 0 Å². The van der Waals surface area contributed by atoms with E-state index in [0.717, 1.165) is 30.3 Å². The van der Waals surface area contributed by atoms with Crippen molar-refractivity contribution < 1.29 is 4.74 Å². The molecule has 0 N–H and O–H groups in total. The molecule has 1 nitrogen and oxygen atoms in total. The van der Waals surface area contributed by atoms with Gasteiger partial charge in [-0.2, -0.15) is 0 Å². The van der Waals surface area contributed by atoms with E-state index in [1.54, 1.807) is 0 Å². The fourth-order valence-corrected chi connectivity index (χ4v) is 5.36. The SMILES string of the molecule is CCCCCC1CCC(C2CCC(OCCCC)C(CC)C2)CC1. The highest BCUT2D eigenvalue weighted by molar-refractivity contribution is 4.86. The first-order valence-electron chi connectivity index (χ1n) is 11.4. The van der Waals surface area contributed by atoms with E-state index < -0.39 is 0 Å². The predicted octanol–water partition coefficient (Wildman–Crippen LogP) is 7.38. The molecule has 0 heterocycles. The van der Waals surface area contributed by atoms with Crippen LogP contribution in [-0.4, -0.2) is 12.7 Å². The van der Waals surface area contributed by atoms with E-state index in [1.165, 1.54) is 89.9 Å². The summed E-state index contributed by atoms with van der Waals surface area (Å²) in [6.07, 6.45) is 20.5. The van der Waals surface area contributed by atoms with Gasteiger partial charge in [-0.15, -0.1) is 0 Å². The predicted molar refractivity (Wildman–Crippen MR) is 105 cm³/mol. The summed E-state index contributed by atoms with van der Waals surface area (Å²) < 4.78 is 6.23. The van der Waals surface area contributed by atoms with E-state index >= 15 is 0 Å². The Morgan fingerprint density at radius 3 is 2.12 bits per heavy atom. The summed E-state index contributed by atoms with van der Waals surface area (Å²) in [7, 11) is 0. The van der Waals surface area contributed by atoms with Crippen molar-refractivity contribution in [1.29, 1.82) is 0 Å². The van der Waals surface area contributed by atoms with Gasteiger partial charge in [0.25, 0.3) is 0 Å². The summed E-state index contributed by atoms with van der Waals surface area (Å²) in [6.45, 7) is 7.96. The highest BCUT2D eigenvalue weighted by atomic mass is 16.5. The van der Waals surface area contributed by atoms with Crippen molar-refractivity contribution in [2.24, 2.45) is 23.7 Å². The van der Waals surface area contributed by atoms with Crippen molar-refractivity contribution >= 4 is 0 Å². The van der Waals surface area contributed by atoms with Gasteiger partial charge in [0.15, 0.2) is 0 Å². The molecular formula is C23H44O. The molecule has 2 aliphatic rings. The van der Waals surface area contributed by atoms with Gasteiger partial charge in [0.05, 0.1) is 6.10 Å². The maximum atomic E-state index is 6.23. The number of ether oxygens (including phenoxy) is 1. The number of unbranched alkanes of at least 4 members (excludes halogenated alkanes) is 3. The fraction of sp³-hybridized carbons (Fsp3) is 1.00. The van der Waals surface area contributed by atoms with E-state index in [9.17, 15) is 0 Å². The summed E-state index contributed by atoms with van der Waals surface area (Å²) >= 11 is 0. The second-order valence-corrected chi connectivity index (χ2v) is 8.78. The average molecular weight is 337 g/mol. The lowest BCUT2D eigenvalue weighted by molar-refractivity contribution is -0.0356. The standard InChI is InChI=1S/C23H44O/c1-4-7-9-10-19-11-13-21(14-12-19)22-15-16-23(20(6-3)18-22)24-17-8-5-2/h19-23H,4-18H2,1-3H3. The highest BCUT2D eigenvalue weighted by Crippen LogP contribution is 2.44. The molecule has 142 valence electrons. The minimum absolute atomic E-state index is 0.572. The van der Waals surface area contributed by atoms with Gasteiger partial charge < -0.3 is 4.74 Å². The van der Waals surface area contributed by atoms with Crippen LogP contribution in [0.2, 0.25) is 0 Å². The molecule has 2 aliphatic carbocycles. The Labute approximate surface area is 152 Å². The molecular weight excluding hydrogens is 292 g/mol. The first-order chi connectivity index (χ1) is 11.8. The van der Waals surface area contributed by atoms with Crippen LogP contribution in [0.4, 0.5) is 0 Å². The monoisotopic (exact) mass is 336 g/mol. The third kappa shape index (κ3) is 6.36. The molecule has 3 atom stereocenters. The van der Waals surface area contributed by atoms with Gasteiger partial charge in [0.2, 0.25) is 0 Å². The third-order valence-corrected chi connectivity index (χ3v) is 7.08. The van der Waals surface area contributed by atoms with Gasteiger partial charge in [-0.1, -0.05) is 72.1 Å². The Hall–Kier alpha value is -0.0400. The first-order valence-corrected chi connectivity index (χ1v) is 11.4. The molecule has 0 bridgehead atoms. The van der Waals surface area contributed by atoms with Crippen LogP contribution in [0.25, 0.3) is 0 Å². The van der Waals surface area contributed by atoms with Crippen molar-refractivity contribution in [1.82, 2.24) is 0 Å². The number of hydrogen-bond acceptors (Lipinski definition) is 1. The zero-order valence-electron chi connectivity index (χ0n) is 16.9. The highest BCUT2D eigenvalue weighted by Gasteiger charge is 2.35. The molecule has 24 heavy (non-hydrogen) atoms. The largest absolute Gasteiger partial charge is 0.378 e. The Balaban J connectivity index is 1.70. The summed E-state index contributed by atoms with van der Waals surface area (Å²) in [5.74, 6) is 3.95. The van der Waals surface area contributed by atoms with Crippen LogP contribution in [-0.2, 0) is 4.74 Å². The molecule has 0 radical (unpaired) electrons. The maximum Gasteiger partial charge on any atom is 0.0603 e. The lowest BCUT2D eigenvalue weighted by Crippen LogP contribution is -2.35.